The predicted octanol–water partition coefficient (Wildman–Crippen LogP) is 4.44. The third-order valence-electron chi connectivity index (χ3n) is 4.49. The number of halogens is 2. The zero-order valence-corrected chi connectivity index (χ0v) is 14.4. The monoisotopic (exact) mass is 353 g/mol. The lowest BCUT2D eigenvalue weighted by Gasteiger charge is -2.25. The molecule has 0 atom stereocenters. The van der Waals surface area contributed by atoms with Crippen LogP contribution < -0.4 is 9.64 Å². The van der Waals surface area contributed by atoms with Gasteiger partial charge in [0, 0.05) is 48.8 Å². The molecule has 6 heteroatoms. The molecule has 0 saturated heterocycles. The van der Waals surface area contributed by atoms with Crippen LogP contribution in [-0.4, -0.2) is 23.2 Å². The molecule has 0 unspecified atom stereocenters. The molecule has 0 aliphatic carbocycles. The first-order valence-corrected chi connectivity index (χ1v) is 8.15. The Morgan fingerprint density at radius 2 is 1.88 bits per heavy atom. The molecule has 0 radical (unpaired) electrons. The third kappa shape index (κ3) is 2.73. The summed E-state index contributed by atoms with van der Waals surface area (Å²) in [5.41, 5.74) is 3.33. The van der Waals surface area contributed by atoms with Crippen LogP contribution >= 0.6 is 0 Å². The van der Waals surface area contributed by atoms with Crippen molar-refractivity contribution >= 4 is 22.2 Å². The van der Waals surface area contributed by atoms with Crippen LogP contribution in [0.1, 0.15) is 5.56 Å². The number of hydrogen-bond acceptors (Lipinski definition) is 3. The maximum atomic E-state index is 14.3. The van der Waals surface area contributed by atoms with Crippen molar-refractivity contribution in [3.05, 3.63) is 72.2 Å². The van der Waals surface area contributed by atoms with Crippen LogP contribution in [0.2, 0.25) is 0 Å². The smallest absolute Gasteiger partial charge is 0.238 e. The molecular formula is C20H17F2N3O. The summed E-state index contributed by atoms with van der Waals surface area (Å²) in [6.07, 6.45) is 6.58. The number of anilines is 1. The lowest BCUT2D eigenvalue weighted by Crippen LogP contribution is -2.21. The van der Waals surface area contributed by atoms with Crippen LogP contribution in [0.5, 0.6) is 5.88 Å². The Kier molecular flexibility index (Phi) is 3.95. The van der Waals surface area contributed by atoms with Crippen molar-refractivity contribution in [1.82, 2.24) is 9.55 Å². The minimum Gasteiger partial charge on any atom is -0.479 e. The van der Waals surface area contributed by atoms with E-state index in [1.165, 1.54) is 24.4 Å². The molecule has 1 aliphatic heterocycles. The van der Waals surface area contributed by atoms with Crippen molar-refractivity contribution in [2.75, 3.05) is 18.6 Å². The number of ether oxygens (including phenoxy) is 1. The summed E-state index contributed by atoms with van der Waals surface area (Å²) >= 11 is 0. The summed E-state index contributed by atoms with van der Waals surface area (Å²) in [6.45, 7) is 0.475. The summed E-state index contributed by atoms with van der Waals surface area (Å²) in [6, 6.07) is 7.91. The molecule has 26 heavy (non-hydrogen) atoms. The fourth-order valence-corrected chi connectivity index (χ4v) is 3.31. The van der Waals surface area contributed by atoms with E-state index in [9.17, 15) is 8.78 Å². The number of nitrogens with zero attached hydrogens (tertiary/aromatic N) is 3. The fourth-order valence-electron chi connectivity index (χ4n) is 3.31. The summed E-state index contributed by atoms with van der Waals surface area (Å²) in [5.74, 6) is -0.146. The summed E-state index contributed by atoms with van der Waals surface area (Å²) in [5, 5.41) is 0.944. The van der Waals surface area contributed by atoms with Crippen LogP contribution in [0.25, 0.3) is 16.5 Å². The molecule has 0 saturated carbocycles. The van der Waals surface area contributed by atoms with Gasteiger partial charge in [-0.05, 0) is 42.0 Å². The van der Waals surface area contributed by atoms with Gasteiger partial charge in [-0.25, -0.2) is 13.8 Å². The van der Waals surface area contributed by atoms with Gasteiger partial charge in [-0.1, -0.05) is 0 Å². The summed E-state index contributed by atoms with van der Waals surface area (Å²) in [7, 11) is 3.48. The minimum atomic E-state index is -0.353. The molecule has 0 N–H and O–H groups in total. The molecule has 3 aromatic rings. The maximum Gasteiger partial charge on any atom is 0.238 e. The molecule has 2 aromatic heterocycles. The second-order valence-electron chi connectivity index (χ2n) is 6.16. The van der Waals surface area contributed by atoms with E-state index in [1.54, 1.807) is 30.3 Å². The van der Waals surface area contributed by atoms with Crippen molar-refractivity contribution in [1.29, 1.82) is 0 Å². The Balaban J connectivity index is 1.78. The van der Waals surface area contributed by atoms with E-state index in [4.69, 9.17) is 4.74 Å². The zero-order valence-electron chi connectivity index (χ0n) is 14.4. The number of aromatic nitrogens is 2. The van der Waals surface area contributed by atoms with Crippen molar-refractivity contribution in [2.45, 2.75) is 0 Å². The second-order valence-corrected chi connectivity index (χ2v) is 6.16. The van der Waals surface area contributed by atoms with Crippen LogP contribution in [0.3, 0.4) is 0 Å². The van der Waals surface area contributed by atoms with Crippen molar-refractivity contribution < 1.29 is 13.5 Å². The van der Waals surface area contributed by atoms with Gasteiger partial charge in [-0.3, -0.25) is 0 Å². The standard InChI is InChI=1S/C20H17F2N3O/c1-24-12-18(17-7-8-23-20(26-2)19(17)24)13-9-15(22)11-25(10-13)16-5-3-14(21)4-6-16/h3-9,11-12H,10H2,1-2H3. The van der Waals surface area contributed by atoms with Gasteiger partial charge in [0.25, 0.3) is 0 Å². The van der Waals surface area contributed by atoms with Crippen LogP contribution in [0.15, 0.2) is 60.8 Å². The van der Waals surface area contributed by atoms with Gasteiger partial charge >= 0.3 is 0 Å². The van der Waals surface area contributed by atoms with Gasteiger partial charge in [0.05, 0.1) is 7.11 Å². The van der Waals surface area contributed by atoms with E-state index in [0.29, 0.717) is 12.4 Å². The molecular weight excluding hydrogens is 336 g/mol. The molecule has 3 heterocycles. The van der Waals surface area contributed by atoms with Gasteiger partial charge in [-0.15, -0.1) is 0 Å². The normalized spacial score (nSPS) is 14.4. The largest absolute Gasteiger partial charge is 0.479 e. The first-order chi connectivity index (χ1) is 12.6. The number of fused-ring (bicyclic) bond motifs is 1. The van der Waals surface area contributed by atoms with Crippen LogP contribution in [0.4, 0.5) is 14.5 Å². The van der Waals surface area contributed by atoms with E-state index in [-0.39, 0.29) is 11.6 Å². The van der Waals surface area contributed by atoms with E-state index in [1.807, 2.05) is 23.9 Å². The Labute approximate surface area is 149 Å². The molecule has 0 spiro atoms. The summed E-state index contributed by atoms with van der Waals surface area (Å²) < 4.78 is 34.8. The number of hydrogen-bond donors (Lipinski definition) is 0. The van der Waals surface area contributed by atoms with Gasteiger partial charge in [0.2, 0.25) is 5.88 Å². The number of rotatable bonds is 3. The molecule has 4 nitrogen and oxygen atoms in total. The average molecular weight is 353 g/mol. The minimum absolute atomic E-state index is 0.320. The summed E-state index contributed by atoms with van der Waals surface area (Å²) in [4.78, 5) is 6.00. The van der Waals surface area contributed by atoms with Crippen molar-refractivity contribution in [3.63, 3.8) is 0 Å². The van der Waals surface area contributed by atoms with Gasteiger partial charge in [0.15, 0.2) is 0 Å². The first-order valence-electron chi connectivity index (χ1n) is 8.15. The molecule has 1 aromatic carbocycles. The average Bonchev–Trinajstić information content (AvgIpc) is 2.99. The number of aryl methyl sites for hydroxylation is 1. The third-order valence-corrected chi connectivity index (χ3v) is 4.49. The highest BCUT2D eigenvalue weighted by Gasteiger charge is 2.20. The molecule has 0 amide bonds. The Hall–Kier alpha value is -3.15. The molecule has 132 valence electrons. The van der Waals surface area contributed by atoms with Gasteiger partial charge in [0.1, 0.15) is 17.2 Å². The van der Waals surface area contributed by atoms with Crippen LogP contribution in [0, 0.1) is 5.82 Å². The highest BCUT2D eigenvalue weighted by atomic mass is 19.1. The lowest BCUT2D eigenvalue weighted by atomic mass is 10.0. The quantitative estimate of drug-likeness (QED) is 0.698. The number of pyridine rings is 1. The van der Waals surface area contributed by atoms with Gasteiger partial charge in [-0.2, -0.15) is 0 Å². The highest BCUT2D eigenvalue weighted by Crippen LogP contribution is 2.34. The van der Waals surface area contributed by atoms with E-state index in [0.717, 1.165) is 27.7 Å². The highest BCUT2D eigenvalue weighted by molar-refractivity contribution is 5.97. The second kappa shape index (κ2) is 6.29. The van der Waals surface area contributed by atoms with Crippen molar-refractivity contribution in [3.8, 4) is 5.88 Å². The fraction of sp³-hybridized carbons (Fsp3) is 0.150. The van der Waals surface area contributed by atoms with Crippen LogP contribution in [-0.2, 0) is 7.05 Å². The SMILES string of the molecule is COc1nccc2c(C3=CC(F)=CN(c4ccc(F)cc4)C3)cn(C)c12. The number of allylic oxidation sites excluding steroid dienone is 2. The van der Waals surface area contributed by atoms with Gasteiger partial charge < -0.3 is 14.2 Å². The Morgan fingerprint density at radius 1 is 1.12 bits per heavy atom. The topological polar surface area (TPSA) is 30.3 Å². The Morgan fingerprint density at radius 3 is 2.62 bits per heavy atom. The zero-order chi connectivity index (χ0) is 18.3. The molecule has 0 bridgehead atoms. The lowest BCUT2D eigenvalue weighted by molar-refractivity contribution is 0.401. The maximum absolute atomic E-state index is 14.3. The van der Waals surface area contributed by atoms with E-state index >= 15 is 0 Å². The molecule has 1 aliphatic rings. The van der Waals surface area contributed by atoms with Crippen molar-refractivity contribution in [2.24, 2.45) is 7.05 Å². The first kappa shape index (κ1) is 16.3. The van der Waals surface area contributed by atoms with E-state index in [2.05, 4.69) is 4.98 Å². The van der Waals surface area contributed by atoms with E-state index < -0.39 is 0 Å². The Bertz CT molecular complexity index is 1040. The molecule has 4 rings (SSSR count). The number of methoxy groups -OCH3 is 1. The predicted molar refractivity (Wildman–Crippen MR) is 98.2 cm³/mol. The number of benzene rings is 1. The molecule has 0 fully saturated rings.